The predicted octanol–water partition coefficient (Wildman–Crippen LogP) is 4.89. The van der Waals surface area contributed by atoms with Crippen molar-refractivity contribution >= 4 is 23.4 Å². The van der Waals surface area contributed by atoms with Crippen LogP contribution in [0.2, 0.25) is 5.02 Å². The first kappa shape index (κ1) is 19.0. The molecule has 1 saturated carbocycles. The SMILES string of the molecule is CCCCCCCCCCOC(=O)c1nc(C2CC2)nc(N)c1Cl. The van der Waals surface area contributed by atoms with E-state index in [-0.39, 0.29) is 16.5 Å². The largest absolute Gasteiger partial charge is 0.461 e. The van der Waals surface area contributed by atoms with Gasteiger partial charge in [-0.15, -0.1) is 0 Å². The molecule has 1 aliphatic carbocycles. The van der Waals surface area contributed by atoms with Crippen LogP contribution in [0.4, 0.5) is 5.82 Å². The zero-order valence-electron chi connectivity index (χ0n) is 14.5. The molecule has 0 amide bonds. The van der Waals surface area contributed by atoms with E-state index in [2.05, 4.69) is 16.9 Å². The highest BCUT2D eigenvalue weighted by Gasteiger charge is 2.29. The number of aromatic nitrogens is 2. The first-order chi connectivity index (χ1) is 11.6. The van der Waals surface area contributed by atoms with Crippen molar-refractivity contribution in [3.8, 4) is 0 Å². The Morgan fingerprint density at radius 1 is 1.12 bits per heavy atom. The van der Waals surface area contributed by atoms with Crippen LogP contribution >= 0.6 is 11.6 Å². The summed E-state index contributed by atoms with van der Waals surface area (Å²) in [5.41, 5.74) is 5.88. The minimum absolute atomic E-state index is 0.0975. The highest BCUT2D eigenvalue weighted by molar-refractivity contribution is 6.35. The molecule has 1 aliphatic rings. The van der Waals surface area contributed by atoms with E-state index in [4.69, 9.17) is 22.1 Å². The highest BCUT2D eigenvalue weighted by atomic mass is 35.5. The number of hydrogen-bond acceptors (Lipinski definition) is 5. The predicted molar refractivity (Wildman–Crippen MR) is 96.3 cm³/mol. The molecule has 0 aliphatic heterocycles. The zero-order valence-corrected chi connectivity index (χ0v) is 15.3. The molecule has 2 rings (SSSR count). The third kappa shape index (κ3) is 5.93. The van der Waals surface area contributed by atoms with Crippen molar-refractivity contribution in [2.75, 3.05) is 12.3 Å². The summed E-state index contributed by atoms with van der Waals surface area (Å²) in [5.74, 6) is 0.575. The van der Waals surface area contributed by atoms with Gasteiger partial charge in [-0.1, -0.05) is 63.5 Å². The van der Waals surface area contributed by atoms with E-state index < -0.39 is 5.97 Å². The van der Waals surface area contributed by atoms with Crippen molar-refractivity contribution in [3.63, 3.8) is 0 Å². The number of carbonyl (C=O) groups excluding carboxylic acids is 1. The molecule has 0 unspecified atom stereocenters. The lowest BCUT2D eigenvalue weighted by atomic mass is 10.1. The first-order valence-electron chi connectivity index (χ1n) is 9.13. The van der Waals surface area contributed by atoms with Gasteiger partial charge in [0.25, 0.3) is 0 Å². The van der Waals surface area contributed by atoms with E-state index in [0.717, 1.165) is 25.7 Å². The monoisotopic (exact) mass is 353 g/mol. The van der Waals surface area contributed by atoms with E-state index in [9.17, 15) is 4.79 Å². The molecule has 1 aromatic heterocycles. The van der Waals surface area contributed by atoms with Gasteiger partial charge in [-0.25, -0.2) is 14.8 Å². The third-order valence-corrected chi connectivity index (χ3v) is 4.63. The van der Waals surface area contributed by atoms with Crippen LogP contribution in [-0.2, 0) is 4.74 Å². The van der Waals surface area contributed by atoms with E-state index in [1.54, 1.807) is 0 Å². The number of rotatable bonds is 11. The number of unbranched alkanes of at least 4 members (excludes halogenated alkanes) is 7. The molecule has 0 radical (unpaired) electrons. The third-order valence-electron chi connectivity index (χ3n) is 4.26. The van der Waals surface area contributed by atoms with Gasteiger partial charge in [0, 0.05) is 5.92 Å². The van der Waals surface area contributed by atoms with Crippen LogP contribution in [0.25, 0.3) is 0 Å². The second-order valence-corrected chi connectivity index (χ2v) is 6.89. The second-order valence-electron chi connectivity index (χ2n) is 6.51. The lowest BCUT2D eigenvalue weighted by Gasteiger charge is -2.08. The molecule has 0 saturated heterocycles. The summed E-state index contributed by atoms with van der Waals surface area (Å²) in [7, 11) is 0. The van der Waals surface area contributed by atoms with Crippen molar-refractivity contribution in [1.82, 2.24) is 9.97 Å². The standard InChI is InChI=1S/C18H28ClN3O2/c1-2-3-4-5-6-7-8-9-12-24-18(23)15-14(19)16(20)22-17(21-15)13-10-11-13/h13H,2-12H2,1H3,(H2,20,21,22). The Morgan fingerprint density at radius 3 is 2.38 bits per heavy atom. The number of esters is 1. The summed E-state index contributed by atoms with van der Waals surface area (Å²) in [6.45, 7) is 2.62. The van der Waals surface area contributed by atoms with Gasteiger partial charge in [0.2, 0.25) is 0 Å². The van der Waals surface area contributed by atoms with Gasteiger partial charge in [-0.05, 0) is 19.3 Å². The molecule has 0 atom stereocenters. The molecular weight excluding hydrogens is 326 g/mol. The van der Waals surface area contributed by atoms with Gasteiger partial charge in [-0.2, -0.15) is 0 Å². The van der Waals surface area contributed by atoms with Crippen LogP contribution in [0.5, 0.6) is 0 Å². The molecular formula is C18H28ClN3O2. The highest BCUT2D eigenvalue weighted by Crippen LogP contribution is 2.39. The summed E-state index contributed by atoms with van der Waals surface area (Å²) in [6, 6.07) is 0. The quantitative estimate of drug-likeness (QED) is 0.452. The number of carbonyl (C=O) groups is 1. The van der Waals surface area contributed by atoms with Gasteiger partial charge < -0.3 is 10.5 Å². The molecule has 134 valence electrons. The van der Waals surface area contributed by atoms with Crippen LogP contribution in [0, 0.1) is 0 Å². The number of hydrogen-bond donors (Lipinski definition) is 1. The van der Waals surface area contributed by atoms with Crippen molar-refractivity contribution in [2.24, 2.45) is 0 Å². The van der Waals surface area contributed by atoms with Crippen molar-refractivity contribution < 1.29 is 9.53 Å². The second kappa shape index (κ2) is 9.82. The molecule has 1 aromatic rings. The number of anilines is 1. The fraction of sp³-hybridized carbons (Fsp3) is 0.722. The molecule has 0 bridgehead atoms. The normalized spacial score (nSPS) is 13.9. The van der Waals surface area contributed by atoms with Crippen molar-refractivity contribution in [1.29, 1.82) is 0 Å². The number of nitrogens with zero attached hydrogens (tertiary/aromatic N) is 2. The minimum atomic E-state index is -0.501. The summed E-state index contributed by atoms with van der Waals surface area (Å²) in [4.78, 5) is 20.6. The molecule has 24 heavy (non-hydrogen) atoms. The van der Waals surface area contributed by atoms with Crippen LogP contribution in [0.1, 0.15) is 93.4 Å². The molecule has 2 N–H and O–H groups in total. The van der Waals surface area contributed by atoms with Crippen LogP contribution in [0.3, 0.4) is 0 Å². The summed E-state index contributed by atoms with van der Waals surface area (Å²) in [5, 5.41) is 0.0975. The zero-order chi connectivity index (χ0) is 17.4. The van der Waals surface area contributed by atoms with E-state index in [1.165, 1.54) is 38.5 Å². The molecule has 1 fully saturated rings. The summed E-state index contributed by atoms with van der Waals surface area (Å²) >= 11 is 6.06. The van der Waals surface area contributed by atoms with E-state index in [1.807, 2.05) is 0 Å². The summed E-state index contributed by atoms with van der Waals surface area (Å²) in [6.07, 6.45) is 11.7. The van der Waals surface area contributed by atoms with E-state index in [0.29, 0.717) is 18.3 Å². The maximum absolute atomic E-state index is 12.2. The first-order valence-corrected chi connectivity index (χ1v) is 9.51. The Bertz CT molecular complexity index is 547. The van der Waals surface area contributed by atoms with Crippen molar-refractivity contribution in [2.45, 2.75) is 77.0 Å². The lowest BCUT2D eigenvalue weighted by molar-refractivity contribution is 0.0490. The molecule has 6 heteroatoms. The minimum Gasteiger partial charge on any atom is -0.461 e. The molecule has 5 nitrogen and oxygen atoms in total. The van der Waals surface area contributed by atoms with Gasteiger partial charge in [0.05, 0.1) is 6.61 Å². The number of nitrogen functional groups attached to an aromatic ring is 1. The fourth-order valence-electron chi connectivity index (χ4n) is 2.61. The topological polar surface area (TPSA) is 78.1 Å². The van der Waals surface area contributed by atoms with E-state index >= 15 is 0 Å². The number of nitrogens with two attached hydrogens (primary N) is 1. The Hall–Kier alpha value is -1.36. The molecule has 1 heterocycles. The smallest absolute Gasteiger partial charge is 0.358 e. The van der Waals surface area contributed by atoms with Crippen LogP contribution < -0.4 is 5.73 Å². The fourth-order valence-corrected chi connectivity index (χ4v) is 2.77. The Kier molecular flexibility index (Phi) is 7.76. The average Bonchev–Trinajstić information content (AvgIpc) is 3.40. The average molecular weight is 354 g/mol. The maximum atomic E-state index is 12.2. The number of ether oxygens (including phenoxy) is 1. The van der Waals surface area contributed by atoms with Crippen molar-refractivity contribution in [3.05, 3.63) is 16.5 Å². The van der Waals surface area contributed by atoms with Crippen LogP contribution in [0.15, 0.2) is 0 Å². The van der Waals surface area contributed by atoms with Gasteiger partial charge in [0.1, 0.15) is 16.7 Å². The number of halogens is 1. The maximum Gasteiger partial charge on any atom is 0.358 e. The Labute approximate surface area is 149 Å². The molecule has 0 spiro atoms. The van der Waals surface area contributed by atoms with Gasteiger partial charge in [-0.3, -0.25) is 0 Å². The van der Waals surface area contributed by atoms with Gasteiger partial charge in [0.15, 0.2) is 5.69 Å². The Morgan fingerprint density at radius 2 is 1.75 bits per heavy atom. The molecule has 0 aromatic carbocycles. The Balaban J connectivity index is 1.69. The lowest BCUT2D eigenvalue weighted by Crippen LogP contribution is -2.13. The summed E-state index contributed by atoms with van der Waals surface area (Å²) < 4.78 is 5.29. The van der Waals surface area contributed by atoms with Crippen LogP contribution in [-0.4, -0.2) is 22.5 Å². The van der Waals surface area contributed by atoms with Gasteiger partial charge >= 0.3 is 5.97 Å².